The van der Waals surface area contributed by atoms with E-state index in [-0.39, 0.29) is 0 Å². The Morgan fingerprint density at radius 3 is 2.92 bits per heavy atom. The Bertz CT molecular complexity index is 260. The molecule has 0 saturated carbocycles. The molecule has 1 aromatic rings. The Balaban J connectivity index is 2.45. The van der Waals surface area contributed by atoms with Crippen LogP contribution in [0.15, 0.2) is 18.5 Å². The molecule has 1 heterocycles. The quantitative estimate of drug-likeness (QED) is 0.719. The minimum atomic E-state index is 0.362. The lowest BCUT2D eigenvalue weighted by atomic mass is 10.2. The molecule has 0 unspecified atom stereocenters. The van der Waals surface area contributed by atoms with Crippen molar-refractivity contribution >= 4 is 0 Å². The minimum absolute atomic E-state index is 0.362. The molecule has 1 aromatic heterocycles. The van der Waals surface area contributed by atoms with Crippen molar-refractivity contribution in [3.63, 3.8) is 0 Å². The summed E-state index contributed by atoms with van der Waals surface area (Å²) in [6.45, 7) is 5.62. The lowest BCUT2D eigenvalue weighted by Crippen LogP contribution is -2.32. The maximum absolute atomic E-state index is 5.49. The number of nitrogens with one attached hydrogen (secondary N) is 1. The van der Waals surface area contributed by atoms with Crippen molar-refractivity contribution in [3.8, 4) is 0 Å². The summed E-state index contributed by atoms with van der Waals surface area (Å²) < 4.78 is 0. The minimum Gasteiger partial charge on any atom is -0.329 e. The average Bonchev–Trinajstić information content (AvgIpc) is 2.14. The van der Waals surface area contributed by atoms with E-state index in [4.69, 9.17) is 5.73 Å². The summed E-state index contributed by atoms with van der Waals surface area (Å²) in [6, 6.07) is 2.49. The smallest absolute Gasteiger partial charge is 0.0313 e. The standard InChI is InChI=1S/C10H17N3/c1-8-3-10(6-12-5-8)7-13-9(2)4-11/h3,5-6,9,13H,4,7,11H2,1-2H3/t9-/m1/s1. The van der Waals surface area contributed by atoms with Gasteiger partial charge in [-0.25, -0.2) is 0 Å². The van der Waals surface area contributed by atoms with Crippen LogP contribution in [0, 0.1) is 6.92 Å². The fourth-order valence-corrected chi connectivity index (χ4v) is 1.09. The Hall–Kier alpha value is -0.930. The van der Waals surface area contributed by atoms with Gasteiger partial charge in [-0.15, -0.1) is 0 Å². The summed E-state index contributed by atoms with van der Waals surface area (Å²) in [4.78, 5) is 4.12. The van der Waals surface area contributed by atoms with Gasteiger partial charge in [0.1, 0.15) is 0 Å². The molecular weight excluding hydrogens is 162 g/mol. The Labute approximate surface area is 79.4 Å². The first-order chi connectivity index (χ1) is 6.22. The molecule has 0 radical (unpaired) electrons. The van der Waals surface area contributed by atoms with Crippen molar-refractivity contribution in [2.75, 3.05) is 6.54 Å². The van der Waals surface area contributed by atoms with Gasteiger partial charge in [-0.3, -0.25) is 4.98 Å². The molecule has 0 aromatic carbocycles. The molecule has 0 amide bonds. The van der Waals surface area contributed by atoms with Crippen LogP contribution in [0.1, 0.15) is 18.1 Å². The van der Waals surface area contributed by atoms with Crippen LogP contribution in [0.4, 0.5) is 0 Å². The van der Waals surface area contributed by atoms with Crippen molar-refractivity contribution in [2.45, 2.75) is 26.4 Å². The normalized spacial score (nSPS) is 12.8. The summed E-state index contributed by atoms with van der Waals surface area (Å²) in [7, 11) is 0. The second-order valence-electron chi connectivity index (χ2n) is 3.39. The van der Waals surface area contributed by atoms with E-state index in [1.54, 1.807) is 0 Å². The van der Waals surface area contributed by atoms with E-state index in [1.165, 1.54) is 11.1 Å². The fraction of sp³-hybridized carbons (Fsp3) is 0.500. The van der Waals surface area contributed by atoms with Crippen LogP contribution in [0.2, 0.25) is 0 Å². The van der Waals surface area contributed by atoms with Crippen molar-refractivity contribution in [3.05, 3.63) is 29.6 Å². The van der Waals surface area contributed by atoms with Gasteiger partial charge in [0.25, 0.3) is 0 Å². The third-order valence-corrected chi connectivity index (χ3v) is 1.94. The monoisotopic (exact) mass is 179 g/mol. The van der Waals surface area contributed by atoms with Crippen molar-refractivity contribution < 1.29 is 0 Å². The SMILES string of the molecule is Cc1cncc(CN[C@H](C)CN)c1. The lowest BCUT2D eigenvalue weighted by molar-refractivity contribution is 0.555. The van der Waals surface area contributed by atoms with Gasteiger partial charge in [0, 0.05) is 31.5 Å². The molecule has 0 fully saturated rings. The summed E-state index contributed by atoms with van der Waals surface area (Å²) >= 11 is 0. The molecule has 3 N–H and O–H groups in total. The number of aromatic nitrogens is 1. The molecule has 0 aliphatic rings. The van der Waals surface area contributed by atoms with Crippen molar-refractivity contribution in [2.24, 2.45) is 5.73 Å². The molecule has 0 saturated heterocycles. The zero-order valence-electron chi connectivity index (χ0n) is 8.25. The third kappa shape index (κ3) is 3.53. The van der Waals surface area contributed by atoms with Crippen LogP contribution in [0.25, 0.3) is 0 Å². The van der Waals surface area contributed by atoms with E-state index < -0.39 is 0 Å². The predicted molar refractivity (Wildman–Crippen MR) is 54.3 cm³/mol. The average molecular weight is 179 g/mol. The van der Waals surface area contributed by atoms with Gasteiger partial charge in [0.15, 0.2) is 0 Å². The molecule has 0 aliphatic carbocycles. The predicted octanol–water partition coefficient (Wildman–Crippen LogP) is 0.827. The summed E-state index contributed by atoms with van der Waals surface area (Å²) in [5.41, 5.74) is 7.89. The maximum atomic E-state index is 5.49. The molecule has 0 aliphatic heterocycles. The van der Waals surface area contributed by atoms with Crippen LogP contribution in [0.3, 0.4) is 0 Å². The van der Waals surface area contributed by atoms with Crippen LogP contribution in [-0.2, 0) is 6.54 Å². The van der Waals surface area contributed by atoms with E-state index in [9.17, 15) is 0 Å². The molecule has 3 heteroatoms. The van der Waals surface area contributed by atoms with Gasteiger partial charge in [-0.1, -0.05) is 6.07 Å². The molecule has 1 rings (SSSR count). The summed E-state index contributed by atoms with van der Waals surface area (Å²) in [5.74, 6) is 0. The van der Waals surface area contributed by atoms with Gasteiger partial charge in [0.2, 0.25) is 0 Å². The highest BCUT2D eigenvalue weighted by atomic mass is 14.9. The molecule has 13 heavy (non-hydrogen) atoms. The van der Waals surface area contributed by atoms with Gasteiger partial charge in [0.05, 0.1) is 0 Å². The second-order valence-corrected chi connectivity index (χ2v) is 3.39. The number of hydrogen-bond acceptors (Lipinski definition) is 3. The van der Waals surface area contributed by atoms with Gasteiger partial charge in [-0.05, 0) is 25.0 Å². The van der Waals surface area contributed by atoms with E-state index in [0.29, 0.717) is 12.6 Å². The molecule has 72 valence electrons. The number of nitrogens with two attached hydrogens (primary N) is 1. The number of rotatable bonds is 4. The molecule has 1 atom stereocenters. The molecule has 0 bridgehead atoms. The van der Waals surface area contributed by atoms with E-state index in [0.717, 1.165) is 6.54 Å². The molecular formula is C10H17N3. The summed E-state index contributed by atoms with van der Waals surface area (Å²) in [6.07, 6.45) is 3.74. The third-order valence-electron chi connectivity index (χ3n) is 1.94. The zero-order chi connectivity index (χ0) is 9.68. The highest BCUT2D eigenvalue weighted by Crippen LogP contribution is 2.00. The lowest BCUT2D eigenvalue weighted by Gasteiger charge is -2.10. The van der Waals surface area contributed by atoms with Crippen LogP contribution < -0.4 is 11.1 Å². The number of pyridine rings is 1. The Morgan fingerprint density at radius 1 is 1.54 bits per heavy atom. The Morgan fingerprint density at radius 2 is 2.31 bits per heavy atom. The van der Waals surface area contributed by atoms with Gasteiger partial charge >= 0.3 is 0 Å². The highest BCUT2D eigenvalue weighted by Gasteiger charge is 1.98. The first-order valence-corrected chi connectivity index (χ1v) is 4.56. The number of hydrogen-bond donors (Lipinski definition) is 2. The number of nitrogens with zero attached hydrogens (tertiary/aromatic N) is 1. The highest BCUT2D eigenvalue weighted by molar-refractivity contribution is 5.16. The Kier molecular flexibility index (Phi) is 3.86. The first kappa shape index (κ1) is 10.2. The van der Waals surface area contributed by atoms with E-state index in [2.05, 4.69) is 23.3 Å². The first-order valence-electron chi connectivity index (χ1n) is 4.56. The zero-order valence-corrected chi connectivity index (χ0v) is 8.25. The topological polar surface area (TPSA) is 50.9 Å². The van der Waals surface area contributed by atoms with Crippen LogP contribution in [0.5, 0.6) is 0 Å². The fourth-order valence-electron chi connectivity index (χ4n) is 1.09. The number of aryl methyl sites for hydroxylation is 1. The van der Waals surface area contributed by atoms with Crippen molar-refractivity contribution in [1.82, 2.24) is 10.3 Å². The van der Waals surface area contributed by atoms with Gasteiger partial charge in [-0.2, -0.15) is 0 Å². The van der Waals surface area contributed by atoms with Gasteiger partial charge < -0.3 is 11.1 Å². The van der Waals surface area contributed by atoms with Crippen molar-refractivity contribution in [1.29, 1.82) is 0 Å². The second kappa shape index (κ2) is 4.94. The van der Waals surface area contributed by atoms with E-state index in [1.807, 2.05) is 19.3 Å². The van der Waals surface area contributed by atoms with Crippen LogP contribution in [-0.4, -0.2) is 17.6 Å². The molecule has 3 nitrogen and oxygen atoms in total. The largest absolute Gasteiger partial charge is 0.329 e. The molecule has 0 spiro atoms. The van der Waals surface area contributed by atoms with E-state index >= 15 is 0 Å². The maximum Gasteiger partial charge on any atom is 0.0313 e. The van der Waals surface area contributed by atoms with Crippen LogP contribution >= 0.6 is 0 Å². The summed E-state index contributed by atoms with van der Waals surface area (Å²) in [5, 5.41) is 3.31.